The van der Waals surface area contributed by atoms with Gasteiger partial charge in [0.05, 0.1) is 25.4 Å². The molecular formula is C75H145NO5. The number of aliphatic hydroxyl groups excluding tert-OH is 2. The van der Waals surface area contributed by atoms with E-state index in [0.29, 0.717) is 25.9 Å². The zero-order valence-corrected chi connectivity index (χ0v) is 55.0. The molecule has 3 N–H and O–H groups in total. The number of unbranched alkanes of at least 4 members (excludes halogenated alkanes) is 55. The molecule has 6 nitrogen and oxygen atoms in total. The van der Waals surface area contributed by atoms with Crippen LogP contribution < -0.4 is 5.32 Å². The van der Waals surface area contributed by atoms with Crippen LogP contribution in [0.5, 0.6) is 0 Å². The highest BCUT2D eigenvalue weighted by Gasteiger charge is 2.20. The topological polar surface area (TPSA) is 95.9 Å². The third-order valence-electron chi connectivity index (χ3n) is 17.5. The molecule has 0 aromatic rings. The van der Waals surface area contributed by atoms with Gasteiger partial charge in [-0.15, -0.1) is 0 Å². The Hall–Kier alpha value is -1.66. The number of carbonyl (C=O) groups is 2. The molecule has 0 aliphatic heterocycles. The van der Waals surface area contributed by atoms with Crippen LogP contribution in [0.15, 0.2) is 24.3 Å². The van der Waals surface area contributed by atoms with Crippen molar-refractivity contribution in [2.75, 3.05) is 13.2 Å². The molecule has 0 aromatic heterocycles. The van der Waals surface area contributed by atoms with Gasteiger partial charge in [0.25, 0.3) is 0 Å². The van der Waals surface area contributed by atoms with E-state index in [0.717, 1.165) is 44.9 Å². The first kappa shape index (κ1) is 79.3. The molecule has 81 heavy (non-hydrogen) atoms. The van der Waals surface area contributed by atoms with Crippen molar-refractivity contribution >= 4 is 11.9 Å². The van der Waals surface area contributed by atoms with Crippen molar-refractivity contribution in [2.45, 2.75) is 431 Å². The van der Waals surface area contributed by atoms with E-state index in [2.05, 4.69) is 43.5 Å². The lowest BCUT2D eigenvalue weighted by Gasteiger charge is -2.22. The summed E-state index contributed by atoms with van der Waals surface area (Å²) in [5.41, 5.74) is 0. The molecule has 0 fully saturated rings. The fourth-order valence-corrected chi connectivity index (χ4v) is 11.9. The third-order valence-corrected chi connectivity index (χ3v) is 17.5. The number of hydrogen-bond donors (Lipinski definition) is 3. The van der Waals surface area contributed by atoms with Gasteiger partial charge in [0.15, 0.2) is 0 Å². The van der Waals surface area contributed by atoms with Crippen LogP contribution in [0, 0.1) is 0 Å². The molecule has 0 saturated heterocycles. The summed E-state index contributed by atoms with van der Waals surface area (Å²) in [5.74, 6) is -0.0130. The number of allylic oxidation sites excluding steroid dienone is 4. The van der Waals surface area contributed by atoms with Gasteiger partial charge in [-0.2, -0.15) is 0 Å². The van der Waals surface area contributed by atoms with Crippen LogP contribution in [0.4, 0.5) is 0 Å². The average molecular weight is 1140 g/mol. The van der Waals surface area contributed by atoms with Gasteiger partial charge in [-0.3, -0.25) is 9.59 Å². The minimum Gasteiger partial charge on any atom is -0.466 e. The number of aliphatic hydroxyl groups is 2. The third kappa shape index (κ3) is 67.3. The van der Waals surface area contributed by atoms with Crippen molar-refractivity contribution in [3.05, 3.63) is 24.3 Å². The number of esters is 1. The summed E-state index contributed by atoms with van der Waals surface area (Å²) in [6, 6.07) is -0.540. The monoisotopic (exact) mass is 1140 g/mol. The van der Waals surface area contributed by atoms with Gasteiger partial charge >= 0.3 is 5.97 Å². The molecule has 2 unspecified atom stereocenters. The number of nitrogens with one attached hydrogen (secondary N) is 1. The molecule has 0 rings (SSSR count). The summed E-state index contributed by atoms with van der Waals surface area (Å²) in [5, 5.41) is 23.4. The molecule has 0 saturated carbocycles. The van der Waals surface area contributed by atoms with Gasteiger partial charge in [-0.05, 0) is 57.8 Å². The molecule has 0 radical (unpaired) electrons. The first-order chi connectivity index (χ1) is 40.0. The van der Waals surface area contributed by atoms with Gasteiger partial charge in [0, 0.05) is 12.8 Å². The molecule has 0 bridgehead atoms. The highest BCUT2D eigenvalue weighted by molar-refractivity contribution is 5.76. The fraction of sp³-hybridized carbons (Fsp3) is 0.920. The summed E-state index contributed by atoms with van der Waals surface area (Å²) in [4.78, 5) is 24.6. The maximum absolute atomic E-state index is 12.5. The van der Waals surface area contributed by atoms with E-state index < -0.39 is 12.1 Å². The second kappa shape index (κ2) is 70.8. The van der Waals surface area contributed by atoms with Gasteiger partial charge < -0.3 is 20.3 Å². The minimum atomic E-state index is -0.663. The molecule has 2 atom stereocenters. The quantitative estimate of drug-likeness (QED) is 0.0320. The van der Waals surface area contributed by atoms with Crippen LogP contribution in [0.25, 0.3) is 0 Å². The van der Waals surface area contributed by atoms with Gasteiger partial charge in [0.2, 0.25) is 5.91 Å². The van der Waals surface area contributed by atoms with Crippen molar-refractivity contribution in [2.24, 2.45) is 0 Å². The number of rotatable bonds is 70. The Morgan fingerprint density at radius 2 is 0.617 bits per heavy atom. The van der Waals surface area contributed by atoms with Gasteiger partial charge in [-0.1, -0.05) is 372 Å². The zero-order valence-electron chi connectivity index (χ0n) is 55.0. The van der Waals surface area contributed by atoms with Crippen molar-refractivity contribution in [1.82, 2.24) is 5.32 Å². The maximum atomic E-state index is 12.5. The Labute approximate surface area is 507 Å². The van der Waals surface area contributed by atoms with E-state index in [1.54, 1.807) is 0 Å². The summed E-state index contributed by atoms with van der Waals surface area (Å²) in [7, 11) is 0. The second-order valence-electron chi connectivity index (χ2n) is 25.6. The molecule has 0 spiro atoms. The predicted molar refractivity (Wildman–Crippen MR) is 356 cm³/mol. The van der Waals surface area contributed by atoms with Crippen molar-refractivity contribution in [3.63, 3.8) is 0 Å². The Kier molecular flexibility index (Phi) is 69.4. The van der Waals surface area contributed by atoms with Crippen molar-refractivity contribution in [3.8, 4) is 0 Å². The molecule has 480 valence electrons. The smallest absolute Gasteiger partial charge is 0.305 e. The summed E-state index contributed by atoms with van der Waals surface area (Å²) in [6.07, 6.45) is 89.6. The van der Waals surface area contributed by atoms with E-state index in [1.807, 2.05) is 0 Å². The average Bonchev–Trinajstić information content (AvgIpc) is 3.47. The van der Waals surface area contributed by atoms with Crippen molar-refractivity contribution in [1.29, 1.82) is 0 Å². The van der Waals surface area contributed by atoms with Crippen molar-refractivity contribution < 1.29 is 24.5 Å². The molecular weight excluding hydrogens is 995 g/mol. The maximum Gasteiger partial charge on any atom is 0.305 e. The van der Waals surface area contributed by atoms with Crippen LogP contribution >= 0.6 is 0 Å². The van der Waals surface area contributed by atoms with Crippen LogP contribution in [0.3, 0.4) is 0 Å². The summed E-state index contributed by atoms with van der Waals surface area (Å²) >= 11 is 0. The number of amides is 1. The van der Waals surface area contributed by atoms with E-state index >= 15 is 0 Å². The molecule has 6 heteroatoms. The first-order valence-electron chi connectivity index (χ1n) is 37.1. The van der Waals surface area contributed by atoms with Crippen LogP contribution in [0.1, 0.15) is 418 Å². The molecule has 0 aliphatic carbocycles. The molecule has 0 aromatic carbocycles. The van der Waals surface area contributed by atoms with Gasteiger partial charge in [0.1, 0.15) is 0 Å². The van der Waals surface area contributed by atoms with Crippen LogP contribution in [-0.2, 0) is 14.3 Å². The summed E-state index contributed by atoms with van der Waals surface area (Å²) in [6.45, 7) is 4.99. The van der Waals surface area contributed by atoms with E-state index in [1.165, 1.54) is 340 Å². The number of ether oxygens (including phenoxy) is 1. The van der Waals surface area contributed by atoms with Crippen LogP contribution in [-0.4, -0.2) is 47.4 Å². The molecule has 1 amide bonds. The fourth-order valence-electron chi connectivity index (χ4n) is 11.9. The normalized spacial score (nSPS) is 12.6. The zero-order chi connectivity index (χ0) is 58.5. The number of carbonyl (C=O) groups excluding carboxylic acids is 2. The lowest BCUT2D eigenvalue weighted by atomic mass is 10.0. The van der Waals surface area contributed by atoms with Crippen LogP contribution in [0.2, 0.25) is 0 Å². The van der Waals surface area contributed by atoms with Gasteiger partial charge in [-0.25, -0.2) is 0 Å². The second-order valence-corrected chi connectivity index (χ2v) is 25.6. The SMILES string of the molecule is CCCCCCCCCCCCCCCCCCCCCC(O)C(CO)NC(=O)CCCCCCCCCCCCCCCCCCC/C=C\C/C=C\CCCCCCCCCCCOC(=O)CCCCCCCCCCCCCC. The molecule has 0 aliphatic rings. The number of hydrogen-bond acceptors (Lipinski definition) is 5. The molecule has 0 heterocycles. The summed E-state index contributed by atoms with van der Waals surface area (Å²) < 4.78 is 5.48. The Morgan fingerprint density at radius 1 is 0.346 bits per heavy atom. The first-order valence-corrected chi connectivity index (χ1v) is 37.1. The standard InChI is InChI=1S/C75H145NO5/c1-3-5-7-9-11-13-15-17-18-19-35-38-41-44-47-51-55-59-63-67-73(78)72(71-77)76-74(79)68-64-60-56-52-48-45-42-39-36-33-31-29-27-25-23-21-20-22-24-26-28-30-32-34-37-40-43-46-50-54-58-62-66-70-81-75(80)69-65-61-57-53-49-16-14-12-10-8-6-4-2/h24,26,30,32,72-73,77-78H,3-23,25,27-29,31,33-71H2,1-2H3,(H,76,79)/b26-24-,32-30-. The van der Waals surface area contributed by atoms with E-state index in [9.17, 15) is 19.8 Å². The lowest BCUT2D eigenvalue weighted by molar-refractivity contribution is -0.143. The largest absolute Gasteiger partial charge is 0.466 e. The Bertz CT molecular complexity index is 1270. The highest BCUT2D eigenvalue weighted by atomic mass is 16.5. The predicted octanol–water partition coefficient (Wildman–Crippen LogP) is 24.1. The lowest BCUT2D eigenvalue weighted by Crippen LogP contribution is -2.45. The Balaban J connectivity index is 3.38. The highest BCUT2D eigenvalue weighted by Crippen LogP contribution is 2.19. The Morgan fingerprint density at radius 3 is 0.938 bits per heavy atom. The van der Waals surface area contributed by atoms with E-state index in [-0.39, 0.29) is 18.5 Å². The minimum absolute atomic E-state index is 0.0156. The van der Waals surface area contributed by atoms with E-state index in [4.69, 9.17) is 4.74 Å².